The molecule has 1 aromatic rings. The number of carbonyl (C=O) groups excluding carboxylic acids is 3. The molecule has 1 N–H and O–H groups in total. The van der Waals surface area contributed by atoms with Crippen LogP contribution in [0.4, 0.5) is 0 Å². The normalized spacial score (nSPS) is 13.3. The van der Waals surface area contributed by atoms with Crippen molar-refractivity contribution < 1.29 is 37.5 Å². The van der Waals surface area contributed by atoms with Crippen molar-refractivity contribution >= 4 is 25.4 Å². The van der Waals surface area contributed by atoms with Crippen molar-refractivity contribution in [2.45, 2.75) is 25.5 Å². The molecular formula is C18H26NO8P. The van der Waals surface area contributed by atoms with Crippen LogP contribution in [0.3, 0.4) is 0 Å². The molecule has 0 aliphatic carbocycles. The summed E-state index contributed by atoms with van der Waals surface area (Å²) < 4.78 is 31.3. The zero-order chi connectivity index (χ0) is 21.3. The lowest BCUT2D eigenvalue weighted by atomic mass is 10.0. The van der Waals surface area contributed by atoms with Crippen molar-refractivity contribution in [3.8, 4) is 0 Å². The van der Waals surface area contributed by atoms with E-state index in [1.165, 1.54) is 40.6 Å². The Hall–Kier alpha value is -2.22. The minimum Gasteiger partial charge on any atom is -0.469 e. The van der Waals surface area contributed by atoms with E-state index in [4.69, 9.17) is 13.8 Å². The first-order valence-corrected chi connectivity index (χ1v) is 10.2. The zero-order valence-corrected chi connectivity index (χ0v) is 17.5. The third kappa shape index (κ3) is 6.74. The van der Waals surface area contributed by atoms with E-state index in [9.17, 15) is 18.9 Å². The van der Waals surface area contributed by atoms with Gasteiger partial charge in [0.25, 0.3) is 5.91 Å². The molecule has 0 radical (unpaired) electrons. The van der Waals surface area contributed by atoms with Gasteiger partial charge in [0, 0.05) is 19.8 Å². The van der Waals surface area contributed by atoms with Crippen LogP contribution in [0.1, 0.15) is 29.3 Å². The number of ether oxygens (including phenoxy) is 2. The number of hydrogen-bond acceptors (Lipinski definition) is 8. The van der Waals surface area contributed by atoms with Gasteiger partial charge in [-0.3, -0.25) is 14.2 Å². The Morgan fingerprint density at radius 2 is 1.50 bits per heavy atom. The number of benzene rings is 1. The molecule has 0 spiro atoms. The van der Waals surface area contributed by atoms with Crippen LogP contribution in [0.15, 0.2) is 24.3 Å². The summed E-state index contributed by atoms with van der Waals surface area (Å²) in [6.07, 6.45) is 0.0946. The number of methoxy groups -OCH3 is 2. The van der Waals surface area contributed by atoms with Gasteiger partial charge in [-0.15, -0.1) is 0 Å². The fraction of sp³-hybridized carbons (Fsp3) is 0.500. The lowest BCUT2D eigenvalue weighted by molar-refractivity contribution is -0.147. The van der Waals surface area contributed by atoms with E-state index < -0.39 is 37.4 Å². The van der Waals surface area contributed by atoms with Crippen LogP contribution in [0.2, 0.25) is 0 Å². The fourth-order valence-corrected chi connectivity index (χ4v) is 3.50. The largest absolute Gasteiger partial charge is 0.469 e. The van der Waals surface area contributed by atoms with Crippen molar-refractivity contribution in [1.29, 1.82) is 0 Å². The maximum Gasteiger partial charge on any atom is 0.334 e. The summed E-state index contributed by atoms with van der Waals surface area (Å²) in [7, 11) is 1.83. The number of esters is 2. The zero-order valence-electron chi connectivity index (χ0n) is 16.6. The molecule has 28 heavy (non-hydrogen) atoms. The highest BCUT2D eigenvalue weighted by Gasteiger charge is 2.28. The Labute approximate surface area is 164 Å². The number of carbonyl (C=O) groups is 3. The second kappa shape index (κ2) is 10.9. The van der Waals surface area contributed by atoms with Crippen LogP contribution in [0.5, 0.6) is 0 Å². The standard InChI is InChI=1S/C18H26NO8P/c1-12(17(21)24-2)10-15(18(22)25-3)19-16(20)14-8-6-13(7-9-14)11-28(23,26-4)27-5/h6-9,12,15H,10-11H2,1-5H3,(H,19,20)/t12-,15-/m1/s1. The van der Waals surface area contributed by atoms with Gasteiger partial charge in [0.15, 0.2) is 0 Å². The van der Waals surface area contributed by atoms with Crippen molar-refractivity contribution in [3.63, 3.8) is 0 Å². The summed E-state index contributed by atoms with van der Waals surface area (Å²) >= 11 is 0. The molecule has 156 valence electrons. The van der Waals surface area contributed by atoms with Crippen LogP contribution in [0, 0.1) is 5.92 Å². The van der Waals surface area contributed by atoms with Crippen LogP contribution < -0.4 is 5.32 Å². The molecule has 0 saturated carbocycles. The van der Waals surface area contributed by atoms with Gasteiger partial charge in [-0.25, -0.2) is 4.79 Å². The molecule has 0 aromatic heterocycles. The monoisotopic (exact) mass is 415 g/mol. The van der Waals surface area contributed by atoms with Gasteiger partial charge in [0.2, 0.25) is 0 Å². The first-order valence-electron chi connectivity index (χ1n) is 8.45. The van der Waals surface area contributed by atoms with Crippen molar-refractivity contribution in [2.24, 2.45) is 5.92 Å². The summed E-state index contributed by atoms with van der Waals surface area (Å²) in [6.45, 7) is 1.59. The van der Waals surface area contributed by atoms with E-state index in [1.807, 2.05) is 0 Å². The summed E-state index contributed by atoms with van der Waals surface area (Å²) in [4.78, 5) is 36.0. The summed E-state index contributed by atoms with van der Waals surface area (Å²) in [6, 6.07) is 5.28. The molecule has 0 aliphatic heterocycles. The predicted molar refractivity (Wildman–Crippen MR) is 101 cm³/mol. The predicted octanol–water partition coefficient (Wildman–Crippen LogP) is 2.14. The third-order valence-corrected chi connectivity index (χ3v) is 6.00. The molecule has 0 fully saturated rings. The Balaban J connectivity index is 2.86. The lowest BCUT2D eigenvalue weighted by Gasteiger charge is -2.19. The summed E-state index contributed by atoms with van der Waals surface area (Å²) in [5, 5.41) is 2.56. The fourth-order valence-electron chi connectivity index (χ4n) is 2.44. The molecular weight excluding hydrogens is 389 g/mol. The molecule has 0 unspecified atom stereocenters. The van der Waals surface area contributed by atoms with Crippen LogP contribution in [-0.4, -0.2) is 52.3 Å². The molecule has 0 heterocycles. The smallest absolute Gasteiger partial charge is 0.334 e. The highest BCUT2D eigenvalue weighted by atomic mass is 31.2. The second-order valence-electron chi connectivity index (χ2n) is 6.04. The molecule has 2 atom stereocenters. The van der Waals surface area contributed by atoms with E-state index in [2.05, 4.69) is 10.1 Å². The van der Waals surface area contributed by atoms with E-state index in [0.29, 0.717) is 5.56 Å². The number of rotatable bonds is 10. The molecule has 1 rings (SSSR count). The van der Waals surface area contributed by atoms with Crippen molar-refractivity contribution in [2.75, 3.05) is 28.4 Å². The van der Waals surface area contributed by atoms with Gasteiger partial charge in [-0.2, -0.15) is 0 Å². The molecule has 0 aliphatic rings. The van der Waals surface area contributed by atoms with Gasteiger partial charge < -0.3 is 23.8 Å². The maximum absolute atomic E-state index is 12.5. The Morgan fingerprint density at radius 3 is 1.96 bits per heavy atom. The average Bonchev–Trinajstić information content (AvgIpc) is 2.72. The summed E-state index contributed by atoms with van der Waals surface area (Å²) in [5.41, 5.74) is 0.945. The average molecular weight is 415 g/mol. The lowest BCUT2D eigenvalue weighted by Crippen LogP contribution is -2.43. The Kier molecular flexibility index (Phi) is 9.31. The summed E-state index contributed by atoms with van der Waals surface area (Å²) in [5.74, 6) is -2.27. The van der Waals surface area contributed by atoms with E-state index in [-0.39, 0.29) is 18.1 Å². The molecule has 0 bridgehead atoms. The first kappa shape index (κ1) is 23.8. The van der Waals surface area contributed by atoms with Crippen LogP contribution >= 0.6 is 7.60 Å². The maximum atomic E-state index is 12.5. The minimum atomic E-state index is -3.22. The molecule has 0 saturated heterocycles. The number of hydrogen-bond donors (Lipinski definition) is 1. The molecule has 10 heteroatoms. The minimum absolute atomic E-state index is 0.0357. The first-order chi connectivity index (χ1) is 13.2. The molecule has 1 aromatic carbocycles. The molecule has 1 amide bonds. The van der Waals surface area contributed by atoms with E-state index >= 15 is 0 Å². The Morgan fingerprint density at radius 1 is 0.964 bits per heavy atom. The van der Waals surface area contributed by atoms with E-state index in [0.717, 1.165) is 0 Å². The Bertz CT molecular complexity index is 726. The van der Waals surface area contributed by atoms with Gasteiger partial charge >= 0.3 is 19.5 Å². The quantitative estimate of drug-likeness (QED) is 0.456. The van der Waals surface area contributed by atoms with Gasteiger partial charge in [-0.1, -0.05) is 19.1 Å². The topological polar surface area (TPSA) is 117 Å². The second-order valence-corrected chi connectivity index (χ2v) is 8.31. The van der Waals surface area contributed by atoms with Gasteiger partial charge in [-0.05, 0) is 24.1 Å². The third-order valence-electron chi connectivity index (χ3n) is 4.13. The van der Waals surface area contributed by atoms with Crippen molar-refractivity contribution in [3.05, 3.63) is 35.4 Å². The van der Waals surface area contributed by atoms with E-state index in [1.54, 1.807) is 19.1 Å². The highest BCUT2D eigenvalue weighted by Crippen LogP contribution is 2.49. The number of amides is 1. The van der Waals surface area contributed by atoms with Gasteiger partial charge in [0.1, 0.15) is 6.04 Å². The van der Waals surface area contributed by atoms with Crippen molar-refractivity contribution in [1.82, 2.24) is 5.32 Å². The van der Waals surface area contributed by atoms with Gasteiger partial charge in [0.05, 0.1) is 26.3 Å². The highest BCUT2D eigenvalue weighted by molar-refractivity contribution is 7.52. The van der Waals surface area contributed by atoms with Crippen LogP contribution in [0.25, 0.3) is 0 Å². The van der Waals surface area contributed by atoms with Crippen LogP contribution in [-0.2, 0) is 38.8 Å². The molecule has 9 nitrogen and oxygen atoms in total. The SMILES string of the molecule is COC(=O)[C@H](C)C[C@@H](NC(=O)c1ccc(CP(=O)(OC)OC)cc1)C(=O)OC. The number of nitrogens with one attached hydrogen (secondary N) is 1.